The molecule has 16 heavy (non-hydrogen) atoms. The molecule has 2 aromatic rings. The minimum absolute atomic E-state index is 0.627. The van der Waals surface area contributed by atoms with Gasteiger partial charge in [-0.1, -0.05) is 31.2 Å². The summed E-state index contributed by atoms with van der Waals surface area (Å²) in [6.07, 6.45) is 2.13. The van der Waals surface area contributed by atoms with E-state index in [0.29, 0.717) is 5.69 Å². The van der Waals surface area contributed by atoms with Crippen molar-refractivity contribution in [1.29, 1.82) is 0 Å². The molecule has 0 radical (unpaired) electrons. The molecule has 1 aromatic heterocycles. The molecule has 1 N–H and O–H groups in total. The molecule has 2 rings (SSSR count). The fourth-order valence-corrected chi connectivity index (χ4v) is 1.86. The number of nitrogens with zero attached hydrogens (tertiary/aromatic N) is 2. The second-order valence-corrected chi connectivity index (χ2v) is 3.87. The molecule has 0 aliphatic carbocycles. The molecule has 0 aliphatic heterocycles. The Hall–Kier alpha value is -1.61. The number of hydrogen-bond donors (Lipinski definition) is 1. The average Bonchev–Trinajstić information content (AvgIpc) is 2.75. The van der Waals surface area contributed by atoms with E-state index in [1.54, 1.807) is 4.68 Å². The molecule has 3 nitrogen and oxygen atoms in total. The van der Waals surface area contributed by atoms with Crippen molar-refractivity contribution in [3.63, 3.8) is 0 Å². The van der Waals surface area contributed by atoms with Crippen molar-refractivity contribution in [2.45, 2.75) is 19.4 Å². The van der Waals surface area contributed by atoms with Crippen LogP contribution in [0.15, 0.2) is 36.5 Å². The standard InChI is InChI=1S/C13H16N2O/c1-3-10-6-4-5-7-11(10)13(16)12-8-9-15(2)14-12/h4-9,13,16H,3H2,1-2H3. The van der Waals surface area contributed by atoms with E-state index in [0.717, 1.165) is 12.0 Å². The van der Waals surface area contributed by atoms with E-state index in [-0.39, 0.29) is 0 Å². The predicted molar refractivity (Wildman–Crippen MR) is 63.1 cm³/mol. The van der Waals surface area contributed by atoms with Gasteiger partial charge in [-0.05, 0) is 23.6 Å². The van der Waals surface area contributed by atoms with Crippen molar-refractivity contribution in [2.75, 3.05) is 0 Å². The Labute approximate surface area is 95.3 Å². The molecule has 0 saturated carbocycles. The van der Waals surface area contributed by atoms with E-state index in [1.807, 2.05) is 43.6 Å². The highest BCUT2D eigenvalue weighted by molar-refractivity contribution is 5.33. The van der Waals surface area contributed by atoms with Crippen molar-refractivity contribution >= 4 is 0 Å². The van der Waals surface area contributed by atoms with E-state index in [4.69, 9.17) is 0 Å². The zero-order valence-electron chi connectivity index (χ0n) is 9.59. The van der Waals surface area contributed by atoms with Crippen LogP contribution in [0.5, 0.6) is 0 Å². The van der Waals surface area contributed by atoms with E-state index in [2.05, 4.69) is 12.0 Å². The van der Waals surface area contributed by atoms with Crippen molar-refractivity contribution in [1.82, 2.24) is 9.78 Å². The summed E-state index contributed by atoms with van der Waals surface area (Å²) in [6, 6.07) is 9.78. The van der Waals surface area contributed by atoms with Gasteiger partial charge in [0.1, 0.15) is 6.10 Å². The Kier molecular flexibility index (Phi) is 3.06. The maximum Gasteiger partial charge on any atom is 0.123 e. The van der Waals surface area contributed by atoms with Gasteiger partial charge >= 0.3 is 0 Å². The Morgan fingerprint density at radius 1 is 1.31 bits per heavy atom. The lowest BCUT2D eigenvalue weighted by molar-refractivity contribution is 0.213. The van der Waals surface area contributed by atoms with Crippen LogP contribution in [0.1, 0.15) is 29.8 Å². The first-order valence-corrected chi connectivity index (χ1v) is 5.47. The topological polar surface area (TPSA) is 38.0 Å². The van der Waals surface area contributed by atoms with Gasteiger partial charge in [0.05, 0.1) is 5.69 Å². The number of aryl methyl sites for hydroxylation is 2. The highest BCUT2D eigenvalue weighted by Gasteiger charge is 2.15. The van der Waals surface area contributed by atoms with Crippen LogP contribution in [0, 0.1) is 0 Å². The number of rotatable bonds is 3. The molecule has 1 unspecified atom stereocenters. The van der Waals surface area contributed by atoms with E-state index in [9.17, 15) is 5.11 Å². The molecule has 3 heteroatoms. The molecule has 0 bridgehead atoms. The molecule has 1 heterocycles. The summed E-state index contributed by atoms with van der Waals surface area (Å²) in [7, 11) is 1.85. The summed E-state index contributed by atoms with van der Waals surface area (Å²) in [6.45, 7) is 2.09. The number of aliphatic hydroxyl groups is 1. The second-order valence-electron chi connectivity index (χ2n) is 3.87. The Morgan fingerprint density at radius 3 is 2.69 bits per heavy atom. The number of aliphatic hydroxyl groups excluding tert-OH is 1. The van der Waals surface area contributed by atoms with Crippen LogP contribution in [0.3, 0.4) is 0 Å². The third kappa shape index (κ3) is 1.99. The molecule has 1 aromatic carbocycles. The second kappa shape index (κ2) is 4.49. The molecule has 1 atom stereocenters. The van der Waals surface area contributed by atoms with Crippen LogP contribution < -0.4 is 0 Å². The summed E-state index contributed by atoms with van der Waals surface area (Å²) >= 11 is 0. The van der Waals surface area contributed by atoms with Crippen molar-refractivity contribution in [3.05, 3.63) is 53.3 Å². The van der Waals surface area contributed by atoms with Crippen molar-refractivity contribution in [3.8, 4) is 0 Å². The first-order valence-electron chi connectivity index (χ1n) is 5.47. The highest BCUT2D eigenvalue weighted by Crippen LogP contribution is 2.23. The minimum Gasteiger partial charge on any atom is -0.382 e. The Bertz CT molecular complexity index is 476. The van der Waals surface area contributed by atoms with Gasteiger partial charge in [-0.15, -0.1) is 0 Å². The van der Waals surface area contributed by atoms with Crippen LogP contribution in [-0.4, -0.2) is 14.9 Å². The molecule has 84 valence electrons. The summed E-state index contributed by atoms with van der Waals surface area (Å²) in [5.41, 5.74) is 2.81. The van der Waals surface area contributed by atoms with Gasteiger partial charge in [-0.2, -0.15) is 5.10 Å². The van der Waals surface area contributed by atoms with Crippen LogP contribution in [0.4, 0.5) is 0 Å². The zero-order chi connectivity index (χ0) is 11.5. The van der Waals surface area contributed by atoms with Crippen LogP contribution in [0.25, 0.3) is 0 Å². The fourth-order valence-electron chi connectivity index (χ4n) is 1.86. The van der Waals surface area contributed by atoms with Crippen LogP contribution >= 0.6 is 0 Å². The molecular weight excluding hydrogens is 200 g/mol. The summed E-state index contributed by atoms with van der Waals surface area (Å²) in [5.74, 6) is 0. The van der Waals surface area contributed by atoms with E-state index >= 15 is 0 Å². The largest absolute Gasteiger partial charge is 0.382 e. The van der Waals surface area contributed by atoms with E-state index < -0.39 is 6.10 Å². The third-order valence-corrected chi connectivity index (χ3v) is 2.74. The zero-order valence-corrected chi connectivity index (χ0v) is 9.59. The lowest BCUT2D eigenvalue weighted by Crippen LogP contribution is -2.04. The maximum atomic E-state index is 10.2. The molecule has 0 fully saturated rings. The molecule has 0 amide bonds. The number of aromatic nitrogens is 2. The summed E-state index contributed by atoms with van der Waals surface area (Å²) in [5, 5.41) is 14.5. The number of hydrogen-bond acceptors (Lipinski definition) is 2. The SMILES string of the molecule is CCc1ccccc1C(O)c1ccn(C)n1. The van der Waals surface area contributed by atoms with Gasteiger partial charge in [0, 0.05) is 13.2 Å². The van der Waals surface area contributed by atoms with Crippen molar-refractivity contribution < 1.29 is 5.11 Å². The lowest BCUT2D eigenvalue weighted by atomic mass is 9.99. The fraction of sp³-hybridized carbons (Fsp3) is 0.308. The molecule has 0 saturated heterocycles. The molecule has 0 aliphatic rings. The molecule has 0 spiro atoms. The summed E-state index contributed by atoms with van der Waals surface area (Å²) in [4.78, 5) is 0. The first-order chi connectivity index (χ1) is 7.72. The van der Waals surface area contributed by atoms with Gasteiger partial charge in [-0.3, -0.25) is 4.68 Å². The predicted octanol–water partition coefficient (Wildman–Crippen LogP) is 2.06. The summed E-state index contributed by atoms with van der Waals surface area (Å²) < 4.78 is 1.70. The van der Waals surface area contributed by atoms with Gasteiger partial charge in [0.15, 0.2) is 0 Å². The third-order valence-electron chi connectivity index (χ3n) is 2.74. The van der Waals surface area contributed by atoms with Crippen LogP contribution in [0.2, 0.25) is 0 Å². The Morgan fingerprint density at radius 2 is 2.06 bits per heavy atom. The maximum absolute atomic E-state index is 10.2. The average molecular weight is 216 g/mol. The van der Waals surface area contributed by atoms with Gasteiger partial charge in [0.2, 0.25) is 0 Å². The highest BCUT2D eigenvalue weighted by atomic mass is 16.3. The normalized spacial score (nSPS) is 12.7. The quantitative estimate of drug-likeness (QED) is 0.852. The molecular formula is C13H16N2O. The van der Waals surface area contributed by atoms with Gasteiger partial charge in [0.25, 0.3) is 0 Å². The van der Waals surface area contributed by atoms with Crippen molar-refractivity contribution in [2.24, 2.45) is 7.05 Å². The smallest absolute Gasteiger partial charge is 0.123 e. The minimum atomic E-state index is -0.627. The Balaban J connectivity index is 2.36. The monoisotopic (exact) mass is 216 g/mol. The lowest BCUT2D eigenvalue weighted by Gasteiger charge is -2.12. The van der Waals surface area contributed by atoms with E-state index in [1.165, 1.54) is 5.56 Å². The first kappa shape index (κ1) is 10.9. The van der Waals surface area contributed by atoms with Gasteiger partial charge < -0.3 is 5.11 Å². The van der Waals surface area contributed by atoms with Crippen LogP contribution in [-0.2, 0) is 13.5 Å². The van der Waals surface area contributed by atoms with Gasteiger partial charge in [-0.25, -0.2) is 0 Å². The number of benzene rings is 1.